The second-order valence-electron chi connectivity index (χ2n) is 26.2. The SMILES string of the molecule is C.C.C=C(C)C.C=CC(=O)NC(C)(C)CC(C)(C)C.C=C[Si](C)(C)O[Si](C)(C)C.CC(C)CCCN1C(=O)C=CC1=O.CCCCCCCCn1ccnn1.CCOC(=O)/C=C\C(=O)O.COC(=O)/C=C\C(=O)O.ClC/C=C/c1ccccc1.O=C(O)/C=C\C(=O)O.O=C1C=CC(=O)N1CCO.O=C1C=CC(=O)O1. The molecule has 6 N–H and O–H groups in total. The Labute approximate surface area is 653 Å². The molecule has 109 heavy (non-hydrogen) atoms. The number of methoxy groups -OCH3 is 1. The Hall–Kier alpha value is -9.89. The van der Waals surface area contributed by atoms with E-state index >= 15 is 0 Å². The minimum Gasteiger partial charge on any atom is -0.478 e. The van der Waals surface area contributed by atoms with Gasteiger partial charge < -0.3 is 49.2 Å². The average molecular weight is 1590 g/mol. The third-order valence-corrected chi connectivity index (χ3v) is 17.2. The molecule has 0 saturated carbocycles. The fourth-order valence-electron chi connectivity index (χ4n) is 7.78. The van der Waals surface area contributed by atoms with Gasteiger partial charge in [0.25, 0.3) is 23.6 Å². The van der Waals surface area contributed by atoms with E-state index in [1.165, 1.54) is 92.1 Å². The molecule has 0 saturated heterocycles. The van der Waals surface area contributed by atoms with Crippen LogP contribution in [0.3, 0.4) is 0 Å². The number of halogens is 1. The monoisotopic (exact) mass is 1590 g/mol. The van der Waals surface area contributed by atoms with Gasteiger partial charge in [0.1, 0.15) is 0 Å². The normalized spacial score (nSPS) is 12.2. The van der Waals surface area contributed by atoms with E-state index in [1.54, 1.807) is 13.1 Å². The number of nitrogens with one attached hydrogen (secondary N) is 1. The average Bonchev–Trinajstić information content (AvgIpc) is 1.84. The Kier molecular flexibility index (Phi) is 72.4. The number of β-amino-alcohol motifs (C(OH)–C–C–N with tert-alkyl or cyclic N) is 1. The van der Waals surface area contributed by atoms with Gasteiger partial charge in [0, 0.05) is 104 Å². The van der Waals surface area contributed by atoms with E-state index in [0.717, 1.165) is 61.1 Å². The molecule has 0 spiro atoms. The Morgan fingerprint density at radius 3 is 1.41 bits per heavy atom. The van der Waals surface area contributed by atoms with Gasteiger partial charge in [-0.05, 0) is 116 Å². The van der Waals surface area contributed by atoms with Crippen molar-refractivity contribution in [3.8, 4) is 0 Å². The topological polar surface area (TPSA) is 409 Å². The van der Waals surface area contributed by atoms with E-state index < -0.39 is 64.4 Å². The van der Waals surface area contributed by atoms with Gasteiger partial charge in [-0.3, -0.25) is 38.5 Å². The molecule has 0 fully saturated rings. The molecular weight excluding hydrogens is 1460 g/mol. The third kappa shape index (κ3) is 85.2. The summed E-state index contributed by atoms with van der Waals surface area (Å²) >= 11 is 5.46. The summed E-state index contributed by atoms with van der Waals surface area (Å²) in [6.07, 6.45) is 31.3. The predicted octanol–water partition coefficient (Wildman–Crippen LogP) is 13.3. The van der Waals surface area contributed by atoms with Crippen LogP contribution in [-0.4, -0.2) is 189 Å². The number of carbonyl (C=O) groups excluding carboxylic acids is 9. The quantitative estimate of drug-likeness (QED) is 0.00530. The Morgan fingerprint density at radius 1 is 0.651 bits per heavy atom. The number of hydrogen-bond donors (Lipinski definition) is 6. The lowest BCUT2D eigenvalue weighted by Crippen LogP contribution is -2.45. The number of aliphatic hydroxyl groups is 1. The third-order valence-electron chi connectivity index (χ3n) is 11.5. The molecule has 28 nitrogen and oxygen atoms in total. The minimum absolute atomic E-state index is 0. The second kappa shape index (κ2) is 68.6. The summed E-state index contributed by atoms with van der Waals surface area (Å²) in [5, 5.41) is 50.6. The van der Waals surface area contributed by atoms with Crippen molar-refractivity contribution >= 4 is 112 Å². The van der Waals surface area contributed by atoms with Crippen molar-refractivity contribution in [1.29, 1.82) is 0 Å². The summed E-state index contributed by atoms with van der Waals surface area (Å²) in [7, 11) is -1.64. The Bertz CT molecular complexity index is 3180. The lowest BCUT2D eigenvalue weighted by atomic mass is 9.82. The van der Waals surface area contributed by atoms with Crippen LogP contribution in [0.25, 0.3) is 6.08 Å². The lowest BCUT2D eigenvalue weighted by molar-refractivity contribution is -0.150. The van der Waals surface area contributed by atoms with Gasteiger partial charge in [-0.2, -0.15) is 0 Å². The van der Waals surface area contributed by atoms with E-state index in [0.29, 0.717) is 36.6 Å². The molecule has 0 radical (unpaired) electrons. The number of aliphatic hydroxyl groups excluding tert-OH is 1. The number of allylic oxidation sites excluding steroid dienone is 2. The van der Waals surface area contributed by atoms with E-state index in [2.05, 4.69) is 124 Å². The van der Waals surface area contributed by atoms with Gasteiger partial charge in [0.2, 0.25) is 5.91 Å². The summed E-state index contributed by atoms with van der Waals surface area (Å²) in [5.41, 5.74) is 4.41. The number of aliphatic carboxylic acids is 4. The van der Waals surface area contributed by atoms with E-state index in [4.69, 9.17) is 41.2 Å². The number of aryl methyl sites for hydroxylation is 1. The first-order valence-electron chi connectivity index (χ1n) is 34.0. The van der Waals surface area contributed by atoms with Gasteiger partial charge in [0.05, 0.1) is 33.1 Å². The van der Waals surface area contributed by atoms with Crippen molar-refractivity contribution in [2.45, 2.75) is 194 Å². The van der Waals surface area contributed by atoms with Crippen LogP contribution in [0.15, 0.2) is 159 Å². The van der Waals surface area contributed by atoms with Crippen LogP contribution in [0.2, 0.25) is 32.7 Å². The maximum atomic E-state index is 11.1. The minimum atomic E-state index is -1.49. The zero-order valence-electron chi connectivity index (χ0n) is 65.4. The van der Waals surface area contributed by atoms with Gasteiger partial charge in [0.15, 0.2) is 16.6 Å². The first kappa shape index (κ1) is 115. The van der Waals surface area contributed by atoms with Gasteiger partial charge in [-0.25, -0.2) is 38.4 Å². The summed E-state index contributed by atoms with van der Waals surface area (Å²) in [5.74, 6) is -7.24. The van der Waals surface area contributed by atoms with E-state index in [9.17, 15) is 62.3 Å². The summed E-state index contributed by atoms with van der Waals surface area (Å²) in [6.45, 7) is 46.1. The number of nitrogens with zero attached hydrogens (tertiary/aromatic N) is 5. The maximum Gasteiger partial charge on any atom is 0.338 e. The molecule has 0 unspecified atom stereocenters. The van der Waals surface area contributed by atoms with Crippen molar-refractivity contribution in [1.82, 2.24) is 30.1 Å². The highest BCUT2D eigenvalue weighted by atomic mass is 35.5. The fourth-order valence-corrected chi connectivity index (χ4v) is 14.5. The van der Waals surface area contributed by atoms with Gasteiger partial charge >= 0.3 is 47.8 Å². The number of rotatable bonds is 28. The molecule has 31 heteroatoms. The molecule has 4 heterocycles. The molecule has 5 rings (SSSR count). The Morgan fingerprint density at radius 2 is 1.08 bits per heavy atom. The highest BCUT2D eigenvalue weighted by Gasteiger charge is 2.28. The molecule has 1 aromatic heterocycles. The zero-order chi connectivity index (χ0) is 83.8. The summed E-state index contributed by atoms with van der Waals surface area (Å²) < 4.78 is 20.3. The number of ether oxygens (including phenoxy) is 3. The number of amides is 5. The molecule has 1 aromatic carbocycles. The van der Waals surface area contributed by atoms with Gasteiger partial charge in [-0.1, -0.05) is 154 Å². The van der Waals surface area contributed by atoms with Crippen LogP contribution in [0.5, 0.6) is 0 Å². The number of alkyl halides is 1. The number of imide groups is 2. The number of hydrogen-bond acceptors (Lipinski definition) is 20. The fraction of sp³-hybridized carbons (Fsp3) is 0.474. The van der Waals surface area contributed by atoms with Crippen molar-refractivity contribution in [2.24, 2.45) is 11.3 Å². The highest BCUT2D eigenvalue weighted by Crippen LogP contribution is 2.26. The molecular formula is C78H125ClN6O22Si2. The highest BCUT2D eigenvalue weighted by molar-refractivity contribution is 6.86. The zero-order valence-corrected chi connectivity index (χ0v) is 68.1. The van der Waals surface area contributed by atoms with E-state index in [1.807, 2.05) is 86.8 Å². The van der Waals surface area contributed by atoms with Crippen molar-refractivity contribution in [3.05, 3.63) is 164 Å². The maximum absolute atomic E-state index is 11.1. The van der Waals surface area contributed by atoms with Gasteiger partial charge in [-0.15, -0.1) is 29.9 Å². The van der Waals surface area contributed by atoms with Crippen LogP contribution in [0.4, 0.5) is 0 Å². The molecule has 0 atom stereocenters. The van der Waals surface area contributed by atoms with Crippen LogP contribution < -0.4 is 5.32 Å². The van der Waals surface area contributed by atoms with E-state index in [-0.39, 0.29) is 75.1 Å². The Balaban J connectivity index is -0.000000173. The molecule has 614 valence electrons. The predicted molar refractivity (Wildman–Crippen MR) is 432 cm³/mol. The van der Waals surface area contributed by atoms with Crippen LogP contribution in [0, 0.1) is 11.3 Å². The summed E-state index contributed by atoms with van der Waals surface area (Å²) in [6, 6.07) is 10.1. The summed E-state index contributed by atoms with van der Waals surface area (Å²) in [4.78, 5) is 136. The molecule has 0 aliphatic carbocycles. The van der Waals surface area contributed by atoms with Crippen LogP contribution >= 0.6 is 11.6 Å². The number of benzene rings is 1. The van der Waals surface area contributed by atoms with Crippen LogP contribution in [0.1, 0.15) is 154 Å². The smallest absolute Gasteiger partial charge is 0.338 e. The standard InChI is InChI=1S/C11H21NO.C10H19N3.C10H15NO2.C9H9Cl.C7H18OSi2.C6H7NO3.C6H8O4.C5H6O4.C4H4O4.C4H2O3.C4H8.2CH4/c1-7-9(13)12-11(5,6)8-10(2,3)4;1-2-3-4-5-6-7-9-13-10-8-11-12-13;1-8(2)4-3-7-11-9(12)5-6-10(11)13;10-8-4-7-9-5-2-1-3-6-9;1-7-10(5,6)8-9(2,3)4;8-4-3-7-5(9)1-2-6(7)10;1-2-10-6(9)4-3-5(7)8;1-9-5(8)3-2-4(6)7;5-3(6)1-2-4(7)8;5-3-1-2-4(6)7-3;1-4(2)3;;/h7H,1,8H2,2-6H3,(H,12,13);8,10H,2-7,9H2,1H3;5-6,8H,3-4,7H2,1-2H3;1-7H,8H2;7H,1H2,2-6H3;1-2,8H,3-4H2;3-4H,2H2,1H3,(H,7,8);2-3H,1H3,(H,6,7);1-2H,(H,5,6)(H,7,8);1-2H;1H2,2-3H3;2*1H4/b;;;7-4+;;;4-3-;3-2-;2-1-;;;;. The molecule has 5 amide bonds. The number of carbonyl (C=O) groups is 13. The lowest BCUT2D eigenvalue weighted by Gasteiger charge is -2.32. The number of carboxylic acid groups (broad SMARTS) is 4. The first-order valence-corrected chi connectivity index (χ1v) is 40.9. The number of carboxylic acids is 4. The first-order chi connectivity index (χ1) is 49.6. The van der Waals surface area contributed by atoms with Crippen LogP contribution in [-0.2, 0) is 87.2 Å². The second-order valence-corrected chi connectivity index (χ2v) is 35.2. The number of esters is 4. The number of unbranched alkanes of at least 4 members (excludes halogenated alkanes) is 5. The molecule has 0 bridgehead atoms. The number of cyclic esters (lactones) is 2. The number of aromatic nitrogens is 3. The molecule has 3 aliphatic heterocycles. The van der Waals surface area contributed by atoms with Crippen molar-refractivity contribution in [3.63, 3.8) is 0 Å². The van der Waals surface area contributed by atoms with Crippen molar-refractivity contribution in [2.75, 3.05) is 39.3 Å². The molecule has 3 aliphatic rings. The molecule has 2 aromatic rings. The largest absolute Gasteiger partial charge is 0.478 e. The van der Waals surface area contributed by atoms with Crippen molar-refractivity contribution < 1.29 is 106 Å².